The van der Waals surface area contributed by atoms with Gasteiger partial charge in [0, 0.05) is 30.8 Å². The first-order chi connectivity index (χ1) is 13.7. The van der Waals surface area contributed by atoms with Gasteiger partial charge in [-0.15, -0.1) is 0 Å². The fourth-order valence-corrected chi connectivity index (χ4v) is 3.50. The maximum atomic E-state index is 12.8. The SMILES string of the molecule is COc1cccc(CCNC(=O)c2cccc(C(=O)N3CCCCCC3)c2)c1. The average molecular weight is 380 g/mol. The molecule has 0 atom stereocenters. The molecule has 0 spiro atoms. The second-order valence-corrected chi connectivity index (χ2v) is 7.14. The Kier molecular flexibility index (Phi) is 7.06. The number of nitrogens with zero attached hydrogens (tertiary/aromatic N) is 1. The van der Waals surface area contributed by atoms with Gasteiger partial charge < -0.3 is 15.0 Å². The Labute approximate surface area is 166 Å². The Bertz CT molecular complexity index is 811. The fourth-order valence-electron chi connectivity index (χ4n) is 3.50. The monoisotopic (exact) mass is 380 g/mol. The summed E-state index contributed by atoms with van der Waals surface area (Å²) in [5, 5.41) is 2.94. The highest BCUT2D eigenvalue weighted by Crippen LogP contribution is 2.15. The first-order valence-corrected chi connectivity index (χ1v) is 9.98. The highest BCUT2D eigenvalue weighted by atomic mass is 16.5. The predicted molar refractivity (Wildman–Crippen MR) is 110 cm³/mol. The van der Waals surface area contributed by atoms with Gasteiger partial charge >= 0.3 is 0 Å². The molecule has 28 heavy (non-hydrogen) atoms. The van der Waals surface area contributed by atoms with Gasteiger partial charge in [-0.25, -0.2) is 0 Å². The molecule has 0 radical (unpaired) electrons. The highest BCUT2D eigenvalue weighted by Gasteiger charge is 2.18. The van der Waals surface area contributed by atoms with Crippen LogP contribution in [0, 0.1) is 0 Å². The van der Waals surface area contributed by atoms with E-state index in [1.807, 2.05) is 29.2 Å². The summed E-state index contributed by atoms with van der Waals surface area (Å²) in [6, 6.07) is 14.8. The molecule has 148 valence electrons. The highest BCUT2D eigenvalue weighted by molar-refractivity contribution is 5.99. The number of nitrogens with one attached hydrogen (secondary N) is 1. The Morgan fingerprint density at radius 2 is 1.68 bits per heavy atom. The van der Waals surface area contributed by atoms with Crippen molar-refractivity contribution in [3.8, 4) is 5.75 Å². The van der Waals surface area contributed by atoms with Gasteiger partial charge in [0.1, 0.15) is 5.75 Å². The zero-order chi connectivity index (χ0) is 19.8. The minimum atomic E-state index is -0.159. The number of ether oxygens (including phenoxy) is 1. The van der Waals surface area contributed by atoms with E-state index < -0.39 is 0 Å². The smallest absolute Gasteiger partial charge is 0.253 e. The summed E-state index contributed by atoms with van der Waals surface area (Å²) in [5.74, 6) is 0.671. The van der Waals surface area contributed by atoms with Crippen molar-refractivity contribution in [1.29, 1.82) is 0 Å². The van der Waals surface area contributed by atoms with Gasteiger partial charge in [0.25, 0.3) is 11.8 Å². The standard InChI is InChI=1S/C23H28N2O3/c1-28-21-11-6-8-18(16-21)12-13-24-22(26)19-9-7-10-20(17-19)23(27)25-14-4-2-3-5-15-25/h6-11,16-17H,2-5,12-15H2,1H3,(H,24,26). The molecule has 0 saturated carbocycles. The second kappa shape index (κ2) is 9.93. The van der Waals surface area contributed by atoms with Crippen molar-refractivity contribution in [2.45, 2.75) is 32.1 Å². The predicted octanol–water partition coefficient (Wildman–Crippen LogP) is 3.68. The molecule has 5 nitrogen and oxygen atoms in total. The van der Waals surface area contributed by atoms with Crippen LogP contribution in [0.3, 0.4) is 0 Å². The van der Waals surface area contributed by atoms with Crippen LogP contribution in [0.2, 0.25) is 0 Å². The number of methoxy groups -OCH3 is 1. The lowest BCUT2D eigenvalue weighted by Crippen LogP contribution is -2.32. The average Bonchev–Trinajstić information content (AvgIpc) is 3.03. The van der Waals surface area contributed by atoms with Crippen LogP contribution in [0.15, 0.2) is 48.5 Å². The van der Waals surface area contributed by atoms with Crippen LogP contribution in [0.5, 0.6) is 5.75 Å². The number of rotatable bonds is 6. The van der Waals surface area contributed by atoms with Crippen LogP contribution in [-0.4, -0.2) is 43.5 Å². The van der Waals surface area contributed by atoms with Gasteiger partial charge in [-0.2, -0.15) is 0 Å². The van der Waals surface area contributed by atoms with Crippen molar-refractivity contribution in [2.75, 3.05) is 26.7 Å². The van der Waals surface area contributed by atoms with Crippen LogP contribution in [0.4, 0.5) is 0 Å². The molecule has 2 aromatic carbocycles. The maximum Gasteiger partial charge on any atom is 0.253 e. The minimum absolute atomic E-state index is 0.0212. The van der Waals surface area contributed by atoms with E-state index in [2.05, 4.69) is 5.32 Å². The largest absolute Gasteiger partial charge is 0.497 e. The summed E-state index contributed by atoms with van der Waals surface area (Å²) in [6.45, 7) is 2.13. The molecule has 2 amide bonds. The van der Waals surface area contributed by atoms with Crippen molar-refractivity contribution < 1.29 is 14.3 Å². The molecular weight excluding hydrogens is 352 g/mol. The minimum Gasteiger partial charge on any atom is -0.497 e. The molecule has 1 aliphatic rings. The van der Waals surface area contributed by atoms with E-state index in [0.29, 0.717) is 17.7 Å². The molecule has 3 rings (SSSR count). The van der Waals surface area contributed by atoms with Crippen LogP contribution < -0.4 is 10.1 Å². The summed E-state index contributed by atoms with van der Waals surface area (Å²) in [4.78, 5) is 27.2. The third kappa shape index (κ3) is 5.35. The van der Waals surface area contributed by atoms with Gasteiger partial charge in [-0.05, 0) is 55.2 Å². The molecule has 0 unspecified atom stereocenters. The van der Waals surface area contributed by atoms with Crippen molar-refractivity contribution in [3.63, 3.8) is 0 Å². The first-order valence-electron chi connectivity index (χ1n) is 9.98. The normalized spacial score (nSPS) is 14.2. The number of hydrogen-bond donors (Lipinski definition) is 1. The number of amides is 2. The summed E-state index contributed by atoms with van der Waals surface area (Å²) in [5.41, 5.74) is 2.21. The molecule has 0 aromatic heterocycles. The lowest BCUT2D eigenvalue weighted by molar-refractivity contribution is 0.0761. The van der Waals surface area contributed by atoms with E-state index in [1.165, 1.54) is 12.8 Å². The van der Waals surface area contributed by atoms with Gasteiger partial charge in [-0.1, -0.05) is 31.0 Å². The summed E-state index contributed by atoms with van der Waals surface area (Å²) in [6.07, 6.45) is 5.18. The molecule has 1 saturated heterocycles. The van der Waals surface area contributed by atoms with E-state index in [1.54, 1.807) is 31.4 Å². The summed E-state index contributed by atoms with van der Waals surface area (Å²) < 4.78 is 5.22. The molecular formula is C23H28N2O3. The number of carbonyl (C=O) groups is 2. The van der Waals surface area contributed by atoms with Crippen molar-refractivity contribution in [1.82, 2.24) is 10.2 Å². The molecule has 1 aliphatic heterocycles. The molecule has 0 bridgehead atoms. The Morgan fingerprint density at radius 1 is 0.964 bits per heavy atom. The van der Waals surface area contributed by atoms with Gasteiger partial charge in [-0.3, -0.25) is 9.59 Å². The van der Waals surface area contributed by atoms with Crippen LogP contribution in [0.1, 0.15) is 52.0 Å². The quantitative estimate of drug-likeness (QED) is 0.832. The summed E-state index contributed by atoms with van der Waals surface area (Å²) >= 11 is 0. The first kappa shape index (κ1) is 19.9. The molecule has 1 fully saturated rings. The lowest BCUT2D eigenvalue weighted by atomic mass is 10.1. The number of carbonyl (C=O) groups excluding carboxylic acids is 2. The van der Waals surface area contributed by atoms with Crippen molar-refractivity contribution in [2.24, 2.45) is 0 Å². The van der Waals surface area contributed by atoms with E-state index in [-0.39, 0.29) is 11.8 Å². The van der Waals surface area contributed by atoms with Crippen molar-refractivity contribution in [3.05, 3.63) is 65.2 Å². The summed E-state index contributed by atoms with van der Waals surface area (Å²) in [7, 11) is 1.64. The fraction of sp³-hybridized carbons (Fsp3) is 0.391. The van der Waals surface area contributed by atoms with Gasteiger partial charge in [0.15, 0.2) is 0 Å². The third-order valence-electron chi connectivity index (χ3n) is 5.10. The number of benzene rings is 2. The van der Waals surface area contributed by atoms with Gasteiger partial charge in [0.2, 0.25) is 0 Å². The molecule has 5 heteroatoms. The van der Waals surface area contributed by atoms with Crippen LogP contribution in [0.25, 0.3) is 0 Å². The van der Waals surface area contributed by atoms with E-state index in [4.69, 9.17) is 4.74 Å². The Balaban J connectivity index is 1.57. The Morgan fingerprint density at radius 3 is 2.43 bits per heavy atom. The number of likely N-dealkylation sites (tertiary alicyclic amines) is 1. The topological polar surface area (TPSA) is 58.6 Å². The van der Waals surface area contributed by atoms with E-state index in [0.717, 1.165) is 43.7 Å². The zero-order valence-corrected chi connectivity index (χ0v) is 16.4. The zero-order valence-electron chi connectivity index (χ0n) is 16.4. The molecule has 2 aromatic rings. The molecule has 1 N–H and O–H groups in total. The maximum absolute atomic E-state index is 12.8. The van der Waals surface area contributed by atoms with Crippen molar-refractivity contribution >= 4 is 11.8 Å². The van der Waals surface area contributed by atoms with E-state index >= 15 is 0 Å². The van der Waals surface area contributed by atoms with Crippen LogP contribution in [-0.2, 0) is 6.42 Å². The van der Waals surface area contributed by atoms with Gasteiger partial charge in [0.05, 0.1) is 7.11 Å². The van der Waals surface area contributed by atoms with Crippen LogP contribution >= 0.6 is 0 Å². The molecule has 0 aliphatic carbocycles. The Hall–Kier alpha value is -2.82. The lowest BCUT2D eigenvalue weighted by Gasteiger charge is -2.20. The molecule has 1 heterocycles. The second-order valence-electron chi connectivity index (χ2n) is 7.14. The number of hydrogen-bond acceptors (Lipinski definition) is 3. The third-order valence-corrected chi connectivity index (χ3v) is 5.10. The van der Waals surface area contributed by atoms with E-state index in [9.17, 15) is 9.59 Å².